The molecule has 1 amide bonds. The van der Waals surface area contributed by atoms with Gasteiger partial charge in [-0.15, -0.1) is 0 Å². The van der Waals surface area contributed by atoms with Gasteiger partial charge in [-0.1, -0.05) is 31.5 Å². The van der Waals surface area contributed by atoms with E-state index < -0.39 is 5.82 Å². The summed E-state index contributed by atoms with van der Waals surface area (Å²) in [5, 5.41) is 16.2. The fourth-order valence-electron chi connectivity index (χ4n) is 3.75. The zero-order chi connectivity index (χ0) is 25.5. The Kier molecular flexibility index (Phi) is 8.63. The maximum atomic E-state index is 13.6. The Hall–Kier alpha value is -3.67. The average molecular weight is 496 g/mol. The van der Waals surface area contributed by atoms with Gasteiger partial charge in [-0.3, -0.25) is 14.7 Å². The first-order chi connectivity index (χ1) is 16.8. The van der Waals surface area contributed by atoms with Gasteiger partial charge in [0.15, 0.2) is 0 Å². The SMILES string of the molecule is CCN(CC)C(C)C=CC(=O)Nc1cc2c(Nc3ccc(F)c(Cl)c3)c(C#N)cnc2cc1OC. The largest absolute Gasteiger partial charge is 0.494 e. The molecule has 0 fully saturated rings. The summed E-state index contributed by atoms with van der Waals surface area (Å²) < 4.78 is 19.1. The molecule has 0 radical (unpaired) electrons. The van der Waals surface area contributed by atoms with Crippen LogP contribution in [0.25, 0.3) is 10.9 Å². The number of aromatic nitrogens is 1. The number of ether oxygens (including phenoxy) is 1. The summed E-state index contributed by atoms with van der Waals surface area (Å²) in [5.41, 5.74) is 2.18. The molecule has 0 bridgehead atoms. The Bertz CT molecular complexity index is 1300. The van der Waals surface area contributed by atoms with Gasteiger partial charge in [0.2, 0.25) is 5.91 Å². The number of nitrogens with one attached hydrogen (secondary N) is 2. The topological polar surface area (TPSA) is 90.3 Å². The van der Waals surface area contributed by atoms with Crippen LogP contribution in [0.3, 0.4) is 0 Å². The minimum atomic E-state index is -0.546. The van der Waals surface area contributed by atoms with E-state index in [0.29, 0.717) is 33.7 Å². The highest BCUT2D eigenvalue weighted by Gasteiger charge is 2.15. The van der Waals surface area contributed by atoms with E-state index in [1.807, 2.05) is 13.0 Å². The van der Waals surface area contributed by atoms with Crippen molar-refractivity contribution in [1.82, 2.24) is 9.88 Å². The van der Waals surface area contributed by atoms with Gasteiger partial charge in [0.1, 0.15) is 17.6 Å². The molecule has 3 aromatic rings. The van der Waals surface area contributed by atoms with Crippen LogP contribution in [0.15, 0.2) is 48.7 Å². The molecule has 2 N–H and O–H groups in total. The van der Waals surface area contributed by atoms with E-state index in [4.69, 9.17) is 16.3 Å². The van der Waals surface area contributed by atoms with Gasteiger partial charge in [0.25, 0.3) is 0 Å². The maximum Gasteiger partial charge on any atom is 0.248 e. The molecule has 0 aliphatic carbocycles. The zero-order valence-corrected chi connectivity index (χ0v) is 20.8. The van der Waals surface area contributed by atoms with E-state index in [1.165, 1.54) is 37.6 Å². The van der Waals surface area contributed by atoms with Crippen molar-refractivity contribution in [2.24, 2.45) is 0 Å². The predicted molar refractivity (Wildman–Crippen MR) is 138 cm³/mol. The van der Waals surface area contributed by atoms with Gasteiger partial charge < -0.3 is 15.4 Å². The molecule has 1 unspecified atom stereocenters. The second kappa shape index (κ2) is 11.6. The van der Waals surface area contributed by atoms with Crippen molar-refractivity contribution < 1.29 is 13.9 Å². The highest BCUT2D eigenvalue weighted by atomic mass is 35.5. The molecule has 9 heteroatoms. The Morgan fingerprint density at radius 3 is 2.69 bits per heavy atom. The first-order valence-electron chi connectivity index (χ1n) is 11.2. The lowest BCUT2D eigenvalue weighted by Crippen LogP contribution is -2.31. The molecule has 7 nitrogen and oxygen atoms in total. The van der Waals surface area contributed by atoms with Crippen LogP contribution in [0, 0.1) is 17.1 Å². The third-order valence-corrected chi connectivity index (χ3v) is 5.96. The number of carbonyl (C=O) groups is 1. The highest BCUT2D eigenvalue weighted by Crippen LogP contribution is 2.36. The van der Waals surface area contributed by atoms with E-state index >= 15 is 0 Å². The smallest absolute Gasteiger partial charge is 0.248 e. The second-order valence-corrected chi connectivity index (χ2v) is 8.20. The number of hydrogen-bond donors (Lipinski definition) is 2. The number of nitrogens with zero attached hydrogens (tertiary/aromatic N) is 3. The Morgan fingerprint density at radius 2 is 2.06 bits per heavy atom. The lowest BCUT2D eigenvalue weighted by Gasteiger charge is -2.23. The summed E-state index contributed by atoms with van der Waals surface area (Å²) in [6.45, 7) is 7.94. The fraction of sp³-hybridized carbons (Fsp3) is 0.269. The number of anilines is 3. The molecule has 0 saturated carbocycles. The summed E-state index contributed by atoms with van der Waals surface area (Å²) in [6.07, 6.45) is 4.78. The average Bonchev–Trinajstić information content (AvgIpc) is 2.85. The van der Waals surface area contributed by atoms with Gasteiger partial charge in [0, 0.05) is 35.5 Å². The van der Waals surface area contributed by atoms with Crippen LogP contribution in [0.5, 0.6) is 5.75 Å². The summed E-state index contributed by atoms with van der Waals surface area (Å²) in [4.78, 5) is 19.3. The van der Waals surface area contributed by atoms with Gasteiger partial charge in [-0.2, -0.15) is 5.26 Å². The molecule has 0 saturated heterocycles. The summed E-state index contributed by atoms with van der Waals surface area (Å²) >= 11 is 5.92. The molecule has 0 aliphatic heterocycles. The van der Waals surface area contributed by atoms with Crippen LogP contribution in [-0.2, 0) is 4.79 Å². The van der Waals surface area contributed by atoms with Crippen molar-refractivity contribution in [2.75, 3.05) is 30.8 Å². The van der Waals surface area contributed by atoms with E-state index in [9.17, 15) is 14.4 Å². The van der Waals surface area contributed by atoms with Crippen LogP contribution in [0.2, 0.25) is 5.02 Å². The molecule has 1 heterocycles. The lowest BCUT2D eigenvalue weighted by atomic mass is 10.1. The number of halogens is 2. The molecule has 3 rings (SSSR count). The van der Waals surface area contributed by atoms with Crippen LogP contribution >= 0.6 is 11.6 Å². The van der Waals surface area contributed by atoms with Crippen molar-refractivity contribution in [3.05, 3.63) is 65.1 Å². The number of amides is 1. The second-order valence-electron chi connectivity index (χ2n) is 7.79. The van der Waals surface area contributed by atoms with E-state index in [-0.39, 0.29) is 22.5 Å². The highest BCUT2D eigenvalue weighted by molar-refractivity contribution is 6.31. The number of benzene rings is 2. The van der Waals surface area contributed by atoms with Gasteiger partial charge in [0.05, 0.1) is 34.6 Å². The molecule has 0 spiro atoms. The molecular weight excluding hydrogens is 469 g/mol. The van der Waals surface area contributed by atoms with E-state index in [1.54, 1.807) is 12.1 Å². The van der Waals surface area contributed by atoms with Crippen molar-refractivity contribution in [2.45, 2.75) is 26.8 Å². The number of carbonyl (C=O) groups excluding carboxylic acids is 1. The predicted octanol–water partition coefficient (Wildman–Crippen LogP) is 5.88. The quantitative estimate of drug-likeness (QED) is 0.360. The zero-order valence-electron chi connectivity index (χ0n) is 20.0. The molecule has 35 heavy (non-hydrogen) atoms. The first-order valence-corrected chi connectivity index (χ1v) is 11.5. The van der Waals surface area contributed by atoms with E-state index in [0.717, 1.165) is 13.1 Å². The van der Waals surface area contributed by atoms with Crippen molar-refractivity contribution in [1.29, 1.82) is 5.26 Å². The van der Waals surface area contributed by atoms with Gasteiger partial charge in [-0.25, -0.2) is 4.39 Å². The minimum Gasteiger partial charge on any atom is -0.494 e. The van der Waals surface area contributed by atoms with Crippen LogP contribution < -0.4 is 15.4 Å². The van der Waals surface area contributed by atoms with Crippen LogP contribution in [0.1, 0.15) is 26.3 Å². The van der Waals surface area contributed by atoms with Gasteiger partial charge in [-0.05, 0) is 44.3 Å². The molecular formula is C26H27ClFN5O2. The normalized spacial score (nSPS) is 12.1. The third-order valence-electron chi connectivity index (χ3n) is 5.67. The lowest BCUT2D eigenvalue weighted by molar-refractivity contribution is -0.112. The molecule has 2 aromatic carbocycles. The fourth-order valence-corrected chi connectivity index (χ4v) is 3.93. The standard InChI is InChI=1S/C26H27ClFN5O2/c1-5-33(6-2)16(3)7-10-25(34)32-23-12-19-22(13-24(23)35-4)30-15-17(14-29)26(19)31-18-8-9-21(28)20(27)11-18/h7-13,15-16H,5-6H2,1-4H3,(H,30,31)(H,32,34). The summed E-state index contributed by atoms with van der Waals surface area (Å²) in [6, 6.07) is 9.77. The third kappa shape index (κ3) is 6.07. The van der Waals surface area contributed by atoms with Crippen molar-refractivity contribution in [3.8, 4) is 11.8 Å². The first kappa shape index (κ1) is 25.9. The van der Waals surface area contributed by atoms with Gasteiger partial charge >= 0.3 is 0 Å². The molecule has 182 valence electrons. The number of nitriles is 1. The monoisotopic (exact) mass is 495 g/mol. The summed E-state index contributed by atoms with van der Waals surface area (Å²) in [5.74, 6) is -0.440. The number of hydrogen-bond acceptors (Lipinski definition) is 6. The number of methoxy groups -OCH3 is 1. The molecule has 0 aliphatic rings. The number of fused-ring (bicyclic) bond motifs is 1. The van der Waals surface area contributed by atoms with Crippen molar-refractivity contribution in [3.63, 3.8) is 0 Å². The number of likely N-dealkylation sites (N-methyl/N-ethyl adjacent to an activating group) is 1. The Morgan fingerprint density at radius 1 is 1.31 bits per heavy atom. The van der Waals surface area contributed by atoms with Crippen LogP contribution in [0.4, 0.5) is 21.5 Å². The van der Waals surface area contributed by atoms with Crippen LogP contribution in [-0.4, -0.2) is 42.0 Å². The Labute approximate surface area is 209 Å². The maximum absolute atomic E-state index is 13.6. The summed E-state index contributed by atoms with van der Waals surface area (Å²) in [7, 11) is 1.50. The number of pyridine rings is 1. The Balaban J connectivity index is 2.00. The number of rotatable bonds is 9. The minimum absolute atomic E-state index is 0.0489. The van der Waals surface area contributed by atoms with E-state index in [2.05, 4.69) is 40.4 Å². The molecule has 1 aromatic heterocycles. The van der Waals surface area contributed by atoms with Crippen molar-refractivity contribution >= 4 is 45.5 Å². The molecule has 1 atom stereocenters.